The molecule has 0 N–H and O–H groups in total. The molecular formula is C72H90O10. The van der Waals surface area contributed by atoms with Gasteiger partial charge in [0.25, 0.3) is 0 Å². The number of carbonyl (C=O) groups excluding carboxylic acids is 4. The first kappa shape index (κ1) is 62.7. The van der Waals surface area contributed by atoms with Crippen LogP contribution in [-0.4, -0.2) is 50.3 Å². The molecule has 10 heteroatoms. The molecule has 10 nitrogen and oxygen atoms in total. The van der Waals surface area contributed by atoms with E-state index in [1.807, 2.05) is 62.4 Å². The number of esters is 4. The Kier molecular flexibility index (Phi) is 26.4. The lowest BCUT2D eigenvalue weighted by atomic mass is 9.77. The maximum absolute atomic E-state index is 13.5. The third-order valence-corrected chi connectivity index (χ3v) is 16.8. The van der Waals surface area contributed by atoms with Crippen molar-refractivity contribution in [1.82, 2.24) is 0 Å². The van der Waals surface area contributed by atoms with E-state index in [-0.39, 0.29) is 23.9 Å². The smallest absolute Gasteiger partial charge is 0.330 e. The summed E-state index contributed by atoms with van der Waals surface area (Å²) in [5.41, 5.74) is 9.32. The minimum Gasteiger partial charge on any atom is -0.494 e. The average molecular weight is 1120 g/mol. The van der Waals surface area contributed by atoms with Gasteiger partial charge < -0.3 is 28.4 Å². The van der Waals surface area contributed by atoms with Crippen LogP contribution in [0.2, 0.25) is 0 Å². The van der Waals surface area contributed by atoms with Crippen LogP contribution in [0.5, 0.6) is 11.5 Å². The number of hydrogen-bond donors (Lipinski definition) is 0. The van der Waals surface area contributed by atoms with Gasteiger partial charge in [-0.3, -0.25) is 9.59 Å². The van der Waals surface area contributed by atoms with E-state index in [2.05, 4.69) is 86.0 Å². The highest BCUT2D eigenvalue weighted by atomic mass is 16.6. The number of ether oxygens (including phenoxy) is 6. The molecule has 2 fully saturated rings. The van der Waals surface area contributed by atoms with E-state index in [0.29, 0.717) is 75.8 Å². The Labute approximate surface area is 489 Å². The van der Waals surface area contributed by atoms with E-state index in [0.717, 1.165) is 149 Å². The number of hydrogen-bond acceptors (Lipinski definition) is 10. The molecule has 0 aliphatic heterocycles. The van der Waals surface area contributed by atoms with Gasteiger partial charge in [0, 0.05) is 25.0 Å². The summed E-state index contributed by atoms with van der Waals surface area (Å²) < 4.78 is 34.4. The minimum absolute atomic E-state index is 0.163. The standard InChI is InChI=1S/C72H90O10/c1-5-67(81-71(75)47-25-53-21-27-55(28-22-53)57-31-35-59(36-32-57)61-39-43-63(44-40-61)77-49-15-9-11-17-51-79-69(73)7-3)65-19-13-14-20-66(65)68(6-2)82-72(76)48-26-54-23-29-56(30-24-54)58-33-37-60(38-34-58)62-41-45-64(46-42-62)78-50-16-10-12-18-52-80-70(74)8-4/h7-8,13-14,19-20,31-46,53-56,67-68H,3-6,9-12,15-18,21-30,47-52H2,1-2H3/t53-,54-,55-,56-,67?,68?. The van der Waals surface area contributed by atoms with Crippen molar-refractivity contribution in [3.8, 4) is 33.8 Å². The maximum Gasteiger partial charge on any atom is 0.330 e. The Morgan fingerprint density at radius 2 is 0.768 bits per heavy atom. The third-order valence-electron chi connectivity index (χ3n) is 16.8. The largest absolute Gasteiger partial charge is 0.494 e. The Morgan fingerprint density at radius 1 is 0.439 bits per heavy atom. The molecule has 2 aliphatic carbocycles. The molecular weight excluding hydrogens is 1020 g/mol. The monoisotopic (exact) mass is 1110 g/mol. The van der Waals surface area contributed by atoms with Gasteiger partial charge in [-0.25, -0.2) is 9.59 Å². The van der Waals surface area contributed by atoms with Crippen LogP contribution in [0, 0.1) is 11.8 Å². The van der Waals surface area contributed by atoms with Crippen LogP contribution in [-0.2, 0) is 38.1 Å². The second kappa shape index (κ2) is 34.5. The summed E-state index contributed by atoms with van der Waals surface area (Å²) in [4.78, 5) is 49.2. The number of rotatable bonds is 34. The van der Waals surface area contributed by atoms with Crippen molar-refractivity contribution in [2.45, 2.75) is 179 Å². The van der Waals surface area contributed by atoms with Crippen LogP contribution in [0.1, 0.15) is 201 Å². The van der Waals surface area contributed by atoms with Crippen LogP contribution in [0.25, 0.3) is 22.3 Å². The Hall–Kier alpha value is -6.94. The van der Waals surface area contributed by atoms with Crippen molar-refractivity contribution < 1.29 is 47.6 Å². The Morgan fingerprint density at radius 3 is 1.10 bits per heavy atom. The zero-order chi connectivity index (χ0) is 57.7. The zero-order valence-electron chi connectivity index (χ0n) is 49.0. The van der Waals surface area contributed by atoms with Crippen molar-refractivity contribution in [2.24, 2.45) is 11.8 Å². The highest BCUT2D eigenvalue weighted by molar-refractivity contribution is 5.81. The topological polar surface area (TPSA) is 124 Å². The maximum atomic E-state index is 13.5. The van der Waals surface area contributed by atoms with E-state index in [4.69, 9.17) is 28.4 Å². The second-order valence-corrected chi connectivity index (χ2v) is 22.5. The molecule has 5 aromatic rings. The van der Waals surface area contributed by atoms with Crippen LogP contribution < -0.4 is 9.47 Å². The second-order valence-electron chi connectivity index (χ2n) is 22.5. The lowest BCUT2D eigenvalue weighted by molar-refractivity contribution is -0.152. The molecule has 0 spiro atoms. The number of carbonyl (C=O) groups is 4. The molecule has 0 aromatic heterocycles. The first-order chi connectivity index (χ1) is 40.1. The highest BCUT2D eigenvalue weighted by Crippen LogP contribution is 2.41. The van der Waals surface area contributed by atoms with Gasteiger partial charge in [-0.1, -0.05) is 124 Å². The molecule has 7 rings (SSSR count). The van der Waals surface area contributed by atoms with Gasteiger partial charge >= 0.3 is 23.9 Å². The van der Waals surface area contributed by atoms with Crippen molar-refractivity contribution in [3.05, 3.63) is 169 Å². The van der Waals surface area contributed by atoms with Gasteiger partial charge in [-0.05, 0) is 221 Å². The number of benzene rings is 5. The molecule has 0 saturated heterocycles. The van der Waals surface area contributed by atoms with Crippen molar-refractivity contribution in [2.75, 3.05) is 26.4 Å². The van der Waals surface area contributed by atoms with Crippen molar-refractivity contribution in [1.29, 1.82) is 0 Å². The van der Waals surface area contributed by atoms with Gasteiger partial charge in [-0.15, -0.1) is 0 Å². The summed E-state index contributed by atoms with van der Waals surface area (Å²) in [6, 6.07) is 42.7. The van der Waals surface area contributed by atoms with Gasteiger partial charge in [0.2, 0.25) is 0 Å². The van der Waals surface area contributed by atoms with Crippen molar-refractivity contribution >= 4 is 23.9 Å². The van der Waals surface area contributed by atoms with E-state index >= 15 is 0 Å². The Bertz CT molecular complexity index is 2520. The molecule has 2 aliphatic rings. The van der Waals surface area contributed by atoms with E-state index < -0.39 is 12.2 Å². The van der Waals surface area contributed by atoms with E-state index in [1.165, 1.54) is 34.4 Å². The highest BCUT2D eigenvalue weighted by Gasteiger charge is 2.28. The zero-order valence-corrected chi connectivity index (χ0v) is 49.0. The molecule has 0 bridgehead atoms. The Balaban J connectivity index is 0.765. The van der Waals surface area contributed by atoms with E-state index in [9.17, 15) is 19.2 Å². The summed E-state index contributed by atoms with van der Waals surface area (Å²) in [7, 11) is 0. The summed E-state index contributed by atoms with van der Waals surface area (Å²) in [5, 5.41) is 0. The first-order valence-electron chi connectivity index (χ1n) is 30.8. The van der Waals surface area contributed by atoms with E-state index in [1.54, 1.807) is 0 Å². The molecule has 2 saturated carbocycles. The summed E-state index contributed by atoms with van der Waals surface area (Å²) in [6.07, 6.45) is 21.8. The van der Waals surface area contributed by atoms with Gasteiger partial charge in [-0.2, -0.15) is 0 Å². The van der Waals surface area contributed by atoms with Crippen molar-refractivity contribution in [3.63, 3.8) is 0 Å². The fourth-order valence-corrected chi connectivity index (χ4v) is 11.8. The molecule has 0 amide bonds. The first-order valence-corrected chi connectivity index (χ1v) is 30.8. The quantitative estimate of drug-likeness (QED) is 0.0170. The lowest BCUT2D eigenvalue weighted by Crippen LogP contribution is -2.19. The molecule has 0 heterocycles. The number of unbranched alkanes of at least 4 members (excludes halogenated alkanes) is 6. The molecule has 438 valence electrons. The van der Waals surface area contributed by atoms with Crippen LogP contribution in [0.4, 0.5) is 0 Å². The fourth-order valence-electron chi connectivity index (χ4n) is 11.8. The molecule has 2 atom stereocenters. The summed E-state index contributed by atoms with van der Waals surface area (Å²) in [5.74, 6) is 2.73. The van der Waals surface area contributed by atoms with Crippen LogP contribution >= 0.6 is 0 Å². The normalized spacial score (nSPS) is 17.6. The predicted molar refractivity (Wildman–Crippen MR) is 327 cm³/mol. The molecule has 2 unspecified atom stereocenters. The average Bonchev–Trinajstić information content (AvgIpc) is 3.54. The lowest BCUT2D eigenvalue weighted by Gasteiger charge is -2.29. The van der Waals surface area contributed by atoms with Gasteiger partial charge in [0.05, 0.1) is 26.4 Å². The summed E-state index contributed by atoms with van der Waals surface area (Å²) >= 11 is 0. The third kappa shape index (κ3) is 20.5. The predicted octanol–water partition coefficient (Wildman–Crippen LogP) is 17.9. The fraction of sp³-hybridized carbons (Fsp3) is 0.472. The van der Waals surface area contributed by atoms with Gasteiger partial charge in [0.15, 0.2) is 0 Å². The van der Waals surface area contributed by atoms with Crippen LogP contribution in [0.3, 0.4) is 0 Å². The van der Waals surface area contributed by atoms with Crippen LogP contribution in [0.15, 0.2) is 147 Å². The van der Waals surface area contributed by atoms with Gasteiger partial charge in [0.1, 0.15) is 23.7 Å². The molecule has 5 aromatic carbocycles. The molecule has 82 heavy (non-hydrogen) atoms. The molecule has 0 radical (unpaired) electrons. The minimum atomic E-state index is -0.405. The summed E-state index contributed by atoms with van der Waals surface area (Å²) in [6.45, 7) is 13.1. The SMILES string of the molecule is C=CC(=O)OCCCCCCOc1ccc(-c2ccc([C@H]3CC[C@H](CCC(=O)OC(CC)c4ccccc4C(CC)OC(=O)CC[C@H]4CC[C@H](c5ccc(-c6ccc(OCCCCCCOC(=O)C=C)cc6)cc5)CC4)CC3)cc2)cc1.